The van der Waals surface area contributed by atoms with Gasteiger partial charge in [-0.2, -0.15) is 0 Å². The monoisotopic (exact) mass is 275 g/mol. The van der Waals surface area contributed by atoms with E-state index in [0.717, 1.165) is 13.1 Å². The summed E-state index contributed by atoms with van der Waals surface area (Å²) in [5.74, 6) is 0.734. The fourth-order valence-corrected chi connectivity index (χ4v) is 3.07. The second-order valence-electron chi connectivity index (χ2n) is 5.45. The number of nitrogen functional groups attached to an aromatic ring is 1. The van der Waals surface area contributed by atoms with Gasteiger partial charge in [0, 0.05) is 12.6 Å². The Balaban J connectivity index is 2.15. The fourth-order valence-electron chi connectivity index (χ4n) is 3.07. The van der Waals surface area contributed by atoms with Gasteiger partial charge in [0.1, 0.15) is 11.6 Å². The molecule has 0 radical (unpaired) electrons. The second kappa shape index (κ2) is 6.75. The van der Waals surface area contributed by atoms with Crippen molar-refractivity contribution in [3.05, 3.63) is 29.3 Å². The normalized spacial score (nSPS) is 15.8. The Hall–Kier alpha value is -1.55. The van der Waals surface area contributed by atoms with E-state index >= 15 is 0 Å². The van der Waals surface area contributed by atoms with Crippen LogP contribution in [-0.2, 0) is 6.54 Å². The molecular weight excluding hydrogens is 250 g/mol. The van der Waals surface area contributed by atoms with Crippen LogP contribution in [0.3, 0.4) is 0 Å². The molecule has 1 aromatic rings. The van der Waals surface area contributed by atoms with Crippen LogP contribution in [0.15, 0.2) is 18.2 Å². The van der Waals surface area contributed by atoms with E-state index < -0.39 is 0 Å². The smallest absolute Gasteiger partial charge is 0.129 e. The largest absolute Gasteiger partial charge is 0.496 e. The van der Waals surface area contributed by atoms with Crippen LogP contribution in [0.4, 0.5) is 0 Å². The third-order valence-corrected chi connectivity index (χ3v) is 4.19. The maximum absolute atomic E-state index is 7.65. The number of nitrogens with one attached hydrogen (secondary N) is 1. The van der Waals surface area contributed by atoms with Crippen molar-refractivity contribution in [3.63, 3.8) is 0 Å². The topological polar surface area (TPSA) is 62.3 Å². The first-order chi connectivity index (χ1) is 9.65. The molecule has 0 saturated heterocycles. The third kappa shape index (κ3) is 3.31. The second-order valence-corrected chi connectivity index (χ2v) is 5.45. The van der Waals surface area contributed by atoms with E-state index in [1.807, 2.05) is 12.1 Å². The number of hydrogen-bond acceptors (Lipinski definition) is 3. The number of benzene rings is 1. The number of ether oxygens (including phenoxy) is 1. The maximum atomic E-state index is 7.65. The summed E-state index contributed by atoms with van der Waals surface area (Å²) >= 11 is 0. The van der Waals surface area contributed by atoms with E-state index in [4.69, 9.17) is 15.9 Å². The number of nitrogens with two attached hydrogens (primary N) is 1. The first kappa shape index (κ1) is 14.9. The molecule has 1 saturated carbocycles. The number of amidine groups is 1. The van der Waals surface area contributed by atoms with Gasteiger partial charge in [0.15, 0.2) is 0 Å². The molecule has 0 atom stereocenters. The Morgan fingerprint density at radius 1 is 1.40 bits per heavy atom. The van der Waals surface area contributed by atoms with Crippen molar-refractivity contribution in [2.75, 3.05) is 13.7 Å². The van der Waals surface area contributed by atoms with Gasteiger partial charge in [0.2, 0.25) is 0 Å². The zero-order valence-corrected chi connectivity index (χ0v) is 12.5. The summed E-state index contributed by atoms with van der Waals surface area (Å²) in [5.41, 5.74) is 7.52. The summed E-state index contributed by atoms with van der Waals surface area (Å²) in [7, 11) is 1.61. The van der Waals surface area contributed by atoms with Gasteiger partial charge in [0.25, 0.3) is 0 Å². The maximum Gasteiger partial charge on any atom is 0.129 e. The third-order valence-electron chi connectivity index (χ3n) is 4.19. The predicted molar refractivity (Wildman–Crippen MR) is 82.4 cm³/mol. The molecule has 1 aromatic carbocycles. The van der Waals surface area contributed by atoms with Crippen molar-refractivity contribution in [2.24, 2.45) is 5.73 Å². The lowest BCUT2D eigenvalue weighted by atomic mass is 10.1. The molecule has 1 aliphatic carbocycles. The molecule has 0 amide bonds. The molecule has 1 fully saturated rings. The fraction of sp³-hybridized carbons (Fsp3) is 0.562. The molecule has 1 aliphatic rings. The van der Waals surface area contributed by atoms with E-state index in [2.05, 4.69) is 17.9 Å². The molecule has 2 rings (SSSR count). The van der Waals surface area contributed by atoms with Gasteiger partial charge < -0.3 is 10.5 Å². The molecule has 0 heterocycles. The Kier molecular flexibility index (Phi) is 5.01. The highest BCUT2D eigenvalue weighted by Gasteiger charge is 2.21. The van der Waals surface area contributed by atoms with Crippen molar-refractivity contribution in [1.82, 2.24) is 4.90 Å². The number of nitrogens with zero attached hydrogens (tertiary/aromatic N) is 1. The molecule has 4 heteroatoms. The van der Waals surface area contributed by atoms with Gasteiger partial charge in [-0.3, -0.25) is 10.3 Å². The van der Waals surface area contributed by atoms with Crippen LogP contribution >= 0.6 is 0 Å². The average molecular weight is 275 g/mol. The summed E-state index contributed by atoms with van der Waals surface area (Å²) in [6, 6.07) is 6.68. The lowest BCUT2D eigenvalue weighted by molar-refractivity contribution is 0.200. The first-order valence-corrected chi connectivity index (χ1v) is 7.41. The van der Waals surface area contributed by atoms with Crippen molar-refractivity contribution < 1.29 is 4.74 Å². The summed E-state index contributed by atoms with van der Waals surface area (Å²) in [4.78, 5) is 2.53. The molecule has 0 aliphatic heterocycles. The number of rotatable bonds is 6. The zero-order valence-electron chi connectivity index (χ0n) is 12.5. The highest BCUT2D eigenvalue weighted by molar-refractivity contribution is 5.97. The van der Waals surface area contributed by atoms with Gasteiger partial charge >= 0.3 is 0 Å². The van der Waals surface area contributed by atoms with E-state index in [0.29, 0.717) is 17.4 Å². The van der Waals surface area contributed by atoms with Crippen LogP contribution in [-0.4, -0.2) is 30.4 Å². The van der Waals surface area contributed by atoms with E-state index in [-0.39, 0.29) is 5.84 Å². The Morgan fingerprint density at radius 2 is 2.10 bits per heavy atom. The predicted octanol–water partition coefficient (Wildman–Crippen LogP) is 2.74. The van der Waals surface area contributed by atoms with Gasteiger partial charge in [-0.15, -0.1) is 0 Å². The quantitative estimate of drug-likeness (QED) is 0.620. The number of hydrogen-bond donors (Lipinski definition) is 2. The van der Waals surface area contributed by atoms with Gasteiger partial charge in [-0.1, -0.05) is 25.8 Å². The molecule has 3 N–H and O–H groups in total. The average Bonchev–Trinajstić information content (AvgIpc) is 2.98. The van der Waals surface area contributed by atoms with E-state index in [1.165, 1.54) is 31.2 Å². The minimum atomic E-state index is 0.0626. The van der Waals surface area contributed by atoms with Crippen molar-refractivity contribution in [2.45, 2.75) is 45.2 Å². The van der Waals surface area contributed by atoms with Crippen LogP contribution < -0.4 is 10.5 Å². The van der Waals surface area contributed by atoms with Gasteiger partial charge in [-0.05, 0) is 37.1 Å². The van der Waals surface area contributed by atoms with Crippen molar-refractivity contribution in [1.29, 1.82) is 5.41 Å². The summed E-state index contributed by atoms with van der Waals surface area (Å²) in [5, 5.41) is 7.65. The number of methoxy groups -OCH3 is 1. The van der Waals surface area contributed by atoms with Crippen LogP contribution in [0, 0.1) is 5.41 Å². The van der Waals surface area contributed by atoms with Crippen molar-refractivity contribution in [3.8, 4) is 5.75 Å². The van der Waals surface area contributed by atoms with Crippen LogP contribution in [0.1, 0.15) is 43.7 Å². The molecule has 0 aromatic heterocycles. The van der Waals surface area contributed by atoms with Crippen LogP contribution in [0.2, 0.25) is 0 Å². The van der Waals surface area contributed by atoms with E-state index in [9.17, 15) is 0 Å². The minimum absolute atomic E-state index is 0.0626. The highest BCUT2D eigenvalue weighted by Crippen LogP contribution is 2.26. The van der Waals surface area contributed by atoms with E-state index in [1.54, 1.807) is 7.11 Å². The molecule has 0 spiro atoms. The Bertz CT molecular complexity index is 467. The van der Waals surface area contributed by atoms with Crippen LogP contribution in [0.25, 0.3) is 0 Å². The highest BCUT2D eigenvalue weighted by atomic mass is 16.5. The summed E-state index contributed by atoms with van der Waals surface area (Å²) in [6.45, 7) is 4.20. The molecule has 20 heavy (non-hydrogen) atoms. The minimum Gasteiger partial charge on any atom is -0.496 e. The lowest BCUT2D eigenvalue weighted by Gasteiger charge is -2.27. The lowest BCUT2D eigenvalue weighted by Crippen LogP contribution is -2.32. The first-order valence-electron chi connectivity index (χ1n) is 7.41. The summed E-state index contributed by atoms with van der Waals surface area (Å²) < 4.78 is 5.26. The Labute approximate surface area is 121 Å². The summed E-state index contributed by atoms with van der Waals surface area (Å²) in [6.07, 6.45) is 5.32. The molecule has 110 valence electrons. The molecule has 0 bridgehead atoms. The molecule has 0 unspecified atom stereocenters. The van der Waals surface area contributed by atoms with Crippen molar-refractivity contribution >= 4 is 5.84 Å². The van der Waals surface area contributed by atoms with Gasteiger partial charge in [-0.25, -0.2) is 0 Å². The zero-order chi connectivity index (χ0) is 14.5. The molecular formula is C16H25N3O. The van der Waals surface area contributed by atoms with Crippen LogP contribution in [0.5, 0.6) is 5.75 Å². The Morgan fingerprint density at radius 3 is 2.65 bits per heavy atom. The molecule has 4 nitrogen and oxygen atoms in total. The van der Waals surface area contributed by atoms with Gasteiger partial charge in [0.05, 0.1) is 12.7 Å². The standard InChI is InChI=1S/C16H25N3O/c1-3-19(13-6-4-5-7-13)11-12-8-9-15(20-2)14(10-12)16(17)18/h8-10,13H,3-7,11H2,1-2H3,(H3,17,18). The SMILES string of the molecule is CCN(Cc1ccc(OC)c(C(=N)N)c1)C1CCCC1.